The van der Waals surface area contributed by atoms with Gasteiger partial charge in [-0.2, -0.15) is 0 Å². The van der Waals surface area contributed by atoms with Crippen molar-refractivity contribution in [2.45, 2.75) is 85.2 Å². The van der Waals surface area contributed by atoms with Gasteiger partial charge in [0, 0.05) is 44.6 Å². The first-order valence-corrected chi connectivity index (χ1v) is 18.2. The van der Waals surface area contributed by atoms with Gasteiger partial charge in [-0.05, 0) is 35.4 Å². The number of carbonyl (C=O) groups is 4. The van der Waals surface area contributed by atoms with Crippen molar-refractivity contribution in [2.75, 3.05) is 24.7 Å². The number of thioether (sulfide) groups is 4. The van der Waals surface area contributed by atoms with Crippen molar-refractivity contribution in [3.63, 3.8) is 0 Å². The normalized spacial score (nSPS) is 12.0. The summed E-state index contributed by atoms with van der Waals surface area (Å²) in [5.74, 6) is 2.47. The molecule has 0 heterocycles. The van der Waals surface area contributed by atoms with Crippen molar-refractivity contribution in [1.82, 2.24) is 0 Å². The van der Waals surface area contributed by atoms with E-state index >= 15 is 0 Å². The minimum atomic E-state index is -0.270. The molecule has 0 spiro atoms. The summed E-state index contributed by atoms with van der Waals surface area (Å²) in [6.45, 7) is 19.1. The van der Waals surface area contributed by atoms with E-state index in [2.05, 4.69) is 13.8 Å². The average molecular weight is 669 g/mol. The Hall–Kier alpha value is -1.88. The number of carbonyl (C=O) groups excluding carboxylic acids is 4. The summed E-state index contributed by atoms with van der Waals surface area (Å²) in [6, 6.07) is 15.8. The summed E-state index contributed by atoms with van der Waals surface area (Å²) in [6.07, 6.45) is 0. The largest absolute Gasteiger partial charge is 0.492 e. The molecule has 0 N–H and O–H groups in total. The molecule has 0 radical (unpaired) electrons. The molecule has 2 aromatic carbocycles. The quantitative estimate of drug-likeness (QED) is 0.195. The molecule has 0 aliphatic heterocycles. The van der Waals surface area contributed by atoms with Crippen LogP contribution in [0.5, 0.6) is 11.5 Å². The maximum atomic E-state index is 11.6. The molecule has 2 aromatic rings. The van der Waals surface area contributed by atoms with Gasteiger partial charge in [-0.3, -0.25) is 19.2 Å². The van der Waals surface area contributed by atoms with Gasteiger partial charge in [0.1, 0.15) is 24.7 Å². The van der Waals surface area contributed by atoms with Crippen molar-refractivity contribution in [3.05, 3.63) is 59.7 Å². The molecule has 2 unspecified atom stereocenters. The molecule has 0 aliphatic carbocycles. The zero-order valence-electron chi connectivity index (χ0n) is 27.2. The van der Waals surface area contributed by atoms with Gasteiger partial charge < -0.3 is 9.47 Å². The van der Waals surface area contributed by atoms with E-state index in [9.17, 15) is 19.2 Å². The standard InChI is InChI=1S/C29H36O6S4.2C2H6/c1-19(30)36-17-27(38-21(3)32)15-34-25-11-7-23(8-12-25)29(5,6)24-9-13-26(14-10-24)35-16-28(39-22(4)33)18-37-20(2)31;2*1-2/h7-14,27-28H,15-18H2,1-6H3;2*1-2H3. The molecule has 0 saturated heterocycles. The molecule has 0 saturated carbocycles. The average Bonchev–Trinajstić information content (AvgIpc) is 2.98. The van der Waals surface area contributed by atoms with Crippen LogP contribution in [0.3, 0.4) is 0 Å². The maximum absolute atomic E-state index is 11.6. The van der Waals surface area contributed by atoms with Gasteiger partial charge in [-0.25, -0.2) is 0 Å². The van der Waals surface area contributed by atoms with Crippen LogP contribution in [0.2, 0.25) is 0 Å². The molecule has 43 heavy (non-hydrogen) atoms. The second kappa shape index (κ2) is 22.6. The lowest BCUT2D eigenvalue weighted by Crippen LogP contribution is -2.21. The lowest BCUT2D eigenvalue weighted by atomic mass is 9.78. The van der Waals surface area contributed by atoms with Gasteiger partial charge in [0.05, 0.1) is 10.5 Å². The summed E-state index contributed by atoms with van der Waals surface area (Å²) in [4.78, 5) is 45.7. The van der Waals surface area contributed by atoms with Crippen LogP contribution >= 0.6 is 47.0 Å². The van der Waals surface area contributed by atoms with E-state index in [1.165, 1.54) is 74.7 Å². The Morgan fingerprint density at radius 2 is 0.884 bits per heavy atom. The Labute approximate surface area is 276 Å². The fraction of sp³-hybridized carbons (Fsp3) is 0.515. The van der Waals surface area contributed by atoms with Gasteiger partial charge in [0.2, 0.25) is 0 Å². The van der Waals surface area contributed by atoms with Crippen molar-refractivity contribution < 1.29 is 28.7 Å². The molecular formula is C33H48O6S4. The molecule has 0 fully saturated rings. The first-order valence-electron chi connectivity index (χ1n) is 14.4. The number of benzene rings is 2. The zero-order chi connectivity index (χ0) is 33.0. The van der Waals surface area contributed by atoms with Crippen LogP contribution in [0, 0.1) is 0 Å². The Morgan fingerprint density at radius 3 is 1.14 bits per heavy atom. The van der Waals surface area contributed by atoms with E-state index in [1.807, 2.05) is 76.2 Å². The van der Waals surface area contributed by atoms with Crippen molar-refractivity contribution >= 4 is 67.5 Å². The highest BCUT2D eigenvalue weighted by molar-refractivity contribution is 8.17. The van der Waals surface area contributed by atoms with Crippen LogP contribution in [-0.2, 0) is 24.6 Å². The van der Waals surface area contributed by atoms with Crippen LogP contribution in [0.4, 0.5) is 0 Å². The molecular weight excluding hydrogens is 621 g/mol. The topological polar surface area (TPSA) is 86.7 Å². The molecule has 240 valence electrons. The van der Waals surface area contributed by atoms with Gasteiger partial charge in [0.15, 0.2) is 20.5 Å². The van der Waals surface area contributed by atoms with Crippen LogP contribution in [0.1, 0.15) is 80.4 Å². The van der Waals surface area contributed by atoms with E-state index in [1.54, 1.807) is 0 Å². The SMILES string of the molecule is CC.CC.CC(=O)SCC(COc1ccc(C(C)(C)c2ccc(OCC(CSC(C)=O)SC(C)=O)cc2)cc1)SC(C)=O. The van der Waals surface area contributed by atoms with Gasteiger partial charge >= 0.3 is 0 Å². The highest BCUT2D eigenvalue weighted by Crippen LogP contribution is 2.34. The Bertz CT molecular complexity index is 1030. The molecule has 2 rings (SSSR count). The highest BCUT2D eigenvalue weighted by Gasteiger charge is 2.24. The van der Waals surface area contributed by atoms with Crippen LogP contribution in [0.25, 0.3) is 0 Å². The van der Waals surface area contributed by atoms with Crippen LogP contribution < -0.4 is 9.47 Å². The predicted octanol–water partition coefficient (Wildman–Crippen LogP) is 8.68. The van der Waals surface area contributed by atoms with E-state index < -0.39 is 0 Å². The number of hydrogen-bond acceptors (Lipinski definition) is 10. The molecule has 6 nitrogen and oxygen atoms in total. The zero-order valence-corrected chi connectivity index (χ0v) is 30.5. The lowest BCUT2D eigenvalue weighted by Gasteiger charge is -2.27. The molecule has 2 atom stereocenters. The molecule has 0 bridgehead atoms. The van der Waals surface area contributed by atoms with E-state index in [0.717, 1.165) is 11.1 Å². The summed E-state index contributed by atoms with van der Waals surface area (Å²) < 4.78 is 11.9. The van der Waals surface area contributed by atoms with Crippen molar-refractivity contribution in [3.8, 4) is 11.5 Å². The van der Waals surface area contributed by atoms with Crippen molar-refractivity contribution in [2.24, 2.45) is 0 Å². The van der Waals surface area contributed by atoms with E-state index in [4.69, 9.17) is 9.47 Å². The third-order valence-electron chi connectivity index (χ3n) is 5.63. The third-order valence-corrected chi connectivity index (χ3v) is 9.94. The first kappa shape index (κ1) is 41.1. The molecule has 10 heteroatoms. The Morgan fingerprint density at radius 1 is 0.581 bits per heavy atom. The summed E-state index contributed by atoms with van der Waals surface area (Å²) in [5, 5.41) is -0.147. The Kier molecular flexibility index (Phi) is 21.6. The summed E-state index contributed by atoms with van der Waals surface area (Å²) in [7, 11) is 0. The van der Waals surface area contributed by atoms with Gasteiger partial charge in [-0.15, -0.1) is 0 Å². The molecule has 0 aromatic heterocycles. The third kappa shape index (κ3) is 17.3. The van der Waals surface area contributed by atoms with Gasteiger partial charge in [0.25, 0.3) is 0 Å². The van der Waals surface area contributed by atoms with E-state index in [0.29, 0.717) is 36.2 Å². The minimum absolute atomic E-state index is 0.00280. The van der Waals surface area contributed by atoms with Crippen LogP contribution in [0.15, 0.2) is 48.5 Å². The number of ether oxygens (including phenoxy) is 2. The lowest BCUT2D eigenvalue weighted by molar-refractivity contribution is -0.110. The fourth-order valence-electron chi connectivity index (χ4n) is 3.60. The fourth-order valence-corrected chi connectivity index (χ4v) is 6.80. The smallest absolute Gasteiger partial charge is 0.186 e. The Balaban J connectivity index is 0.00000422. The highest BCUT2D eigenvalue weighted by atomic mass is 32.2. The second-order valence-electron chi connectivity index (χ2n) is 9.36. The number of hydrogen-bond donors (Lipinski definition) is 0. The minimum Gasteiger partial charge on any atom is -0.492 e. The molecule has 0 amide bonds. The van der Waals surface area contributed by atoms with Gasteiger partial charge in [-0.1, -0.05) is 113 Å². The maximum Gasteiger partial charge on any atom is 0.186 e. The first-order chi connectivity index (χ1) is 20.4. The summed E-state index contributed by atoms with van der Waals surface area (Å²) in [5.41, 5.74) is 1.96. The van der Waals surface area contributed by atoms with Crippen LogP contribution in [-0.4, -0.2) is 55.7 Å². The molecule has 0 aliphatic rings. The number of rotatable bonds is 14. The summed E-state index contributed by atoms with van der Waals surface area (Å²) >= 11 is 4.80. The predicted molar refractivity (Wildman–Crippen MR) is 189 cm³/mol. The van der Waals surface area contributed by atoms with E-state index in [-0.39, 0.29) is 36.4 Å². The second-order valence-corrected chi connectivity index (χ2v) is 14.7. The monoisotopic (exact) mass is 668 g/mol. The van der Waals surface area contributed by atoms with Crippen molar-refractivity contribution in [1.29, 1.82) is 0 Å².